The average molecular weight is 246 g/mol. The molecule has 0 radical (unpaired) electrons. The van der Waals surface area contributed by atoms with Crippen molar-refractivity contribution >= 4 is 12.0 Å². The third-order valence-corrected chi connectivity index (χ3v) is 2.65. The molecular weight excluding hydrogens is 228 g/mol. The number of nitrogens with one attached hydrogen (secondary N) is 1. The van der Waals surface area contributed by atoms with Crippen LogP contribution in [0.4, 0.5) is 0 Å². The monoisotopic (exact) mass is 246 g/mol. The Morgan fingerprint density at radius 3 is 2.17 bits per heavy atom. The van der Waals surface area contributed by atoms with E-state index in [0.29, 0.717) is 5.56 Å². The van der Waals surface area contributed by atoms with Crippen LogP contribution in [0.1, 0.15) is 40.9 Å². The molecule has 4 heteroatoms. The van der Waals surface area contributed by atoms with Gasteiger partial charge >= 0.3 is 0 Å². The van der Waals surface area contributed by atoms with Gasteiger partial charge in [0.05, 0.1) is 0 Å². The Labute approximate surface area is 107 Å². The Balaban J connectivity index is 3.09. The number of nitrogens with zero attached hydrogens (tertiary/aromatic N) is 1. The fourth-order valence-corrected chi connectivity index (χ4v) is 2.02. The molecule has 1 aromatic carbocycles. The topological polar surface area (TPSA) is 58.5 Å². The van der Waals surface area contributed by atoms with Crippen LogP contribution in [0.15, 0.2) is 17.1 Å². The zero-order valence-corrected chi connectivity index (χ0v) is 11.4. The van der Waals surface area contributed by atoms with Crippen LogP contribution in [-0.2, 0) is 4.79 Å². The molecule has 1 N–H and O–H groups in total. The minimum atomic E-state index is -0.942. The highest BCUT2D eigenvalue weighted by atomic mass is 16.2. The van der Waals surface area contributed by atoms with Gasteiger partial charge in [0, 0.05) is 5.56 Å². The molecule has 18 heavy (non-hydrogen) atoms. The first-order valence-corrected chi connectivity index (χ1v) is 5.76. The Kier molecular flexibility index (Phi) is 4.04. The molecule has 0 saturated carbocycles. The molecule has 0 spiro atoms. The van der Waals surface area contributed by atoms with Gasteiger partial charge in [0.15, 0.2) is 0 Å². The molecule has 0 atom stereocenters. The molecule has 1 aromatic rings. The van der Waals surface area contributed by atoms with E-state index in [1.165, 1.54) is 6.08 Å². The fourth-order valence-electron chi connectivity index (χ4n) is 2.02. The van der Waals surface area contributed by atoms with Crippen molar-refractivity contribution in [3.63, 3.8) is 0 Å². The highest BCUT2D eigenvalue weighted by Crippen LogP contribution is 2.17. The normalized spacial score (nSPS) is 10.7. The summed E-state index contributed by atoms with van der Waals surface area (Å²) in [6.07, 6.45) is 1.46. The van der Waals surface area contributed by atoms with Crippen LogP contribution >= 0.6 is 0 Å². The van der Waals surface area contributed by atoms with Crippen LogP contribution in [0, 0.1) is 20.8 Å². The summed E-state index contributed by atoms with van der Waals surface area (Å²) in [7, 11) is 0. The van der Waals surface area contributed by atoms with E-state index in [9.17, 15) is 9.59 Å². The first kappa shape index (κ1) is 14.1. The van der Waals surface area contributed by atoms with Crippen molar-refractivity contribution in [2.75, 3.05) is 0 Å². The lowest BCUT2D eigenvalue weighted by Crippen LogP contribution is -2.42. The number of rotatable bonds is 3. The van der Waals surface area contributed by atoms with Crippen molar-refractivity contribution in [2.24, 2.45) is 4.99 Å². The van der Waals surface area contributed by atoms with Crippen LogP contribution in [0.3, 0.4) is 0 Å². The van der Waals surface area contributed by atoms with E-state index < -0.39 is 5.66 Å². The van der Waals surface area contributed by atoms with Crippen LogP contribution in [0.2, 0.25) is 0 Å². The van der Waals surface area contributed by atoms with Gasteiger partial charge in [-0.15, -0.1) is 0 Å². The van der Waals surface area contributed by atoms with Gasteiger partial charge in [-0.3, -0.25) is 4.79 Å². The van der Waals surface area contributed by atoms with E-state index in [4.69, 9.17) is 0 Å². The van der Waals surface area contributed by atoms with E-state index in [0.717, 1.165) is 16.7 Å². The van der Waals surface area contributed by atoms with Crippen LogP contribution in [0.5, 0.6) is 0 Å². The molecule has 0 fully saturated rings. The van der Waals surface area contributed by atoms with Crippen molar-refractivity contribution in [3.8, 4) is 0 Å². The molecule has 1 rings (SSSR count). The van der Waals surface area contributed by atoms with Gasteiger partial charge in [-0.05, 0) is 45.7 Å². The number of isocyanates is 1. The molecule has 0 aliphatic carbocycles. The standard InChI is InChI=1S/C14H18N2O2/c1-9-6-10(2)12(11(3)7-9)13(18)16-14(4,5)15-8-17/h6-7H,1-5H3,(H,16,18). The number of hydrogen-bond acceptors (Lipinski definition) is 3. The molecule has 1 amide bonds. The van der Waals surface area contributed by atoms with Crippen molar-refractivity contribution in [1.29, 1.82) is 0 Å². The summed E-state index contributed by atoms with van der Waals surface area (Å²) in [5.41, 5.74) is 2.64. The molecule has 0 unspecified atom stereocenters. The molecule has 0 aliphatic heterocycles. The third-order valence-electron chi connectivity index (χ3n) is 2.65. The van der Waals surface area contributed by atoms with Crippen molar-refractivity contribution in [3.05, 3.63) is 34.4 Å². The zero-order valence-electron chi connectivity index (χ0n) is 11.4. The van der Waals surface area contributed by atoms with E-state index in [1.807, 2.05) is 32.9 Å². The largest absolute Gasteiger partial charge is 0.327 e. The zero-order chi connectivity index (χ0) is 13.9. The molecule has 0 aromatic heterocycles. The van der Waals surface area contributed by atoms with Crippen LogP contribution in [-0.4, -0.2) is 17.6 Å². The number of aliphatic imine (C=N–C) groups is 1. The van der Waals surface area contributed by atoms with E-state index in [-0.39, 0.29) is 5.91 Å². The van der Waals surface area contributed by atoms with Crippen molar-refractivity contribution in [1.82, 2.24) is 5.32 Å². The highest BCUT2D eigenvalue weighted by molar-refractivity contribution is 5.97. The number of carbonyl (C=O) groups is 1. The summed E-state index contributed by atoms with van der Waals surface area (Å²) in [6, 6.07) is 3.91. The van der Waals surface area contributed by atoms with Gasteiger partial charge in [-0.1, -0.05) is 17.7 Å². The van der Waals surface area contributed by atoms with Gasteiger partial charge in [0.2, 0.25) is 6.08 Å². The van der Waals surface area contributed by atoms with Gasteiger partial charge in [-0.25, -0.2) is 4.79 Å². The Hall–Kier alpha value is -1.93. The predicted octanol–water partition coefficient (Wildman–Crippen LogP) is 2.41. The minimum absolute atomic E-state index is 0.228. The van der Waals surface area contributed by atoms with Crippen molar-refractivity contribution in [2.45, 2.75) is 40.3 Å². The lowest BCUT2D eigenvalue weighted by molar-refractivity contribution is 0.0915. The maximum Gasteiger partial charge on any atom is 0.253 e. The predicted molar refractivity (Wildman–Crippen MR) is 70.3 cm³/mol. The summed E-state index contributed by atoms with van der Waals surface area (Å²) < 4.78 is 0. The quantitative estimate of drug-likeness (QED) is 0.657. The average Bonchev–Trinajstić information content (AvgIpc) is 2.13. The van der Waals surface area contributed by atoms with Crippen LogP contribution in [0.25, 0.3) is 0 Å². The van der Waals surface area contributed by atoms with Crippen LogP contribution < -0.4 is 5.32 Å². The Morgan fingerprint density at radius 1 is 1.22 bits per heavy atom. The van der Waals surface area contributed by atoms with Gasteiger partial charge in [-0.2, -0.15) is 4.99 Å². The first-order valence-electron chi connectivity index (χ1n) is 5.76. The van der Waals surface area contributed by atoms with E-state index in [2.05, 4.69) is 10.3 Å². The smallest absolute Gasteiger partial charge is 0.253 e. The lowest BCUT2D eigenvalue weighted by Gasteiger charge is -2.21. The fraction of sp³-hybridized carbons (Fsp3) is 0.429. The maximum absolute atomic E-state index is 12.2. The molecule has 0 aliphatic rings. The SMILES string of the molecule is Cc1cc(C)c(C(=O)NC(C)(C)N=C=O)c(C)c1. The number of amides is 1. The van der Waals surface area contributed by atoms with Gasteiger partial charge in [0.1, 0.15) is 5.66 Å². The number of aryl methyl sites for hydroxylation is 3. The van der Waals surface area contributed by atoms with Gasteiger partial charge in [0.25, 0.3) is 5.91 Å². The molecule has 0 bridgehead atoms. The van der Waals surface area contributed by atoms with Crippen molar-refractivity contribution < 1.29 is 9.59 Å². The second-order valence-corrected chi connectivity index (χ2v) is 4.99. The number of benzene rings is 1. The summed E-state index contributed by atoms with van der Waals surface area (Å²) >= 11 is 0. The number of carbonyl (C=O) groups excluding carboxylic acids is 2. The maximum atomic E-state index is 12.2. The summed E-state index contributed by atoms with van der Waals surface area (Å²) in [5.74, 6) is -0.228. The lowest BCUT2D eigenvalue weighted by atomic mass is 9.99. The molecule has 0 heterocycles. The second kappa shape index (κ2) is 5.15. The summed E-state index contributed by atoms with van der Waals surface area (Å²) in [5, 5.41) is 2.71. The second-order valence-electron chi connectivity index (χ2n) is 4.99. The number of hydrogen-bond donors (Lipinski definition) is 1. The van der Waals surface area contributed by atoms with E-state index in [1.54, 1.807) is 13.8 Å². The third kappa shape index (κ3) is 3.28. The Morgan fingerprint density at radius 2 is 1.72 bits per heavy atom. The molecular formula is C14H18N2O2. The Bertz CT molecular complexity index is 504. The molecule has 96 valence electrons. The summed E-state index contributed by atoms with van der Waals surface area (Å²) in [6.45, 7) is 9.07. The van der Waals surface area contributed by atoms with Gasteiger partial charge < -0.3 is 5.32 Å². The summed E-state index contributed by atoms with van der Waals surface area (Å²) in [4.78, 5) is 26.0. The highest BCUT2D eigenvalue weighted by Gasteiger charge is 2.22. The minimum Gasteiger partial charge on any atom is -0.327 e. The first-order chi connectivity index (χ1) is 8.26. The van der Waals surface area contributed by atoms with E-state index >= 15 is 0 Å². The molecule has 0 saturated heterocycles. The molecule has 4 nitrogen and oxygen atoms in total.